The number of amides is 1. The lowest BCUT2D eigenvalue weighted by Crippen LogP contribution is -2.25. The lowest BCUT2D eigenvalue weighted by atomic mass is 10.1. The van der Waals surface area contributed by atoms with Gasteiger partial charge in [-0.05, 0) is 72.1 Å². The summed E-state index contributed by atoms with van der Waals surface area (Å²) in [6.45, 7) is 0.793. The molecule has 1 saturated heterocycles. The summed E-state index contributed by atoms with van der Waals surface area (Å²) in [4.78, 5) is 22.1. The molecule has 7 heteroatoms. The maximum Gasteiger partial charge on any atom is 0.264 e. The van der Waals surface area contributed by atoms with Gasteiger partial charge in [-0.25, -0.2) is 4.99 Å². The number of carbonyl (C=O) groups excluding carboxylic acids is 1. The number of fused-ring (bicyclic) bond motifs is 1. The average Bonchev–Trinajstić information content (AvgIpc) is 3.44. The molecular weight excluding hydrogens is 440 g/mol. The Morgan fingerprint density at radius 1 is 1.19 bits per heavy atom. The third-order valence-corrected chi connectivity index (χ3v) is 6.99. The van der Waals surface area contributed by atoms with E-state index < -0.39 is 0 Å². The van der Waals surface area contributed by atoms with Gasteiger partial charge in [-0.1, -0.05) is 42.6 Å². The van der Waals surface area contributed by atoms with Crippen LogP contribution < -0.4 is 10.6 Å². The van der Waals surface area contributed by atoms with Gasteiger partial charge in [-0.15, -0.1) is 0 Å². The van der Waals surface area contributed by atoms with E-state index in [1.807, 2.05) is 54.6 Å². The first-order valence-corrected chi connectivity index (χ1v) is 12.0. The zero-order chi connectivity index (χ0) is 21.9. The molecule has 1 amide bonds. The van der Waals surface area contributed by atoms with Crippen LogP contribution in [0.5, 0.6) is 0 Å². The first kappa shape index (κ1) is 21.2. The van der Waals surface area contributed by atoms with Crippen molar-refractivity contribution < 1.29 is 4.79 Å². The normalized spacial score (nSPS) is 19.3. The van der Waals surface area contributed by atoms with E-state index in [0.717, 1.165) is 28.6 Å². The Hall–Kier alpha value is -2.67. The van der Waals surface area contributed by atoms with Crippen molar-refractivity contribution in [1.82, 2.24) is 15.6 Å². The van der Waals surface area contributed by atoms with Gasteiger partial charge in [0.1, 0.15) is 0 Å². The molecule has 1 aliphatic carbocycles. The molecule has 1 aliphatic heterocycles. The number of carbonyl (C=O) groups is 1. The average molecular weight is 463 g/mol. The van der Waals surface area contributed by atoms with E-state index in [9.17, 15) is 4.79 Å². The molecule has 32 heavy (non-hydrogen) atoms. The van der Waals surface area contributed by atoms with Gasteiger partial charge < -0.3 is 10.6 Å². The highest BCUT2D eigenvalue weighted by Gasteiger charge is 2.24. The van der Waals surface area contributed by atoms with Crippen LogP contribution in [0.25, 0.3) is 17.0 Å². The molecule has 0 spiro atoms. The summed E-state index contributed by atoms with van der Waals surface area (Å²) >= 11 is 7.71. The van der Waals surface area contributed by atoms with Crippen LogP contribution in [-0.2, 0) is 11.3 Å². The van der Waals surface area contributed by atoms with Crippen molar-refractivity contribution in [2.75, 3.05) is 0 Å². The quantitative estimate of drug-likeness (QED) is 0.469. The fraction of sp³-hybridized carbons (Fsp3) is 0.240. The first-order chi connectivity index (χ1) is 15.6. The Bertz CT molecular complexity index is 1230. The summed E-state index contributed by atoms with van der Waals surface area (Å²) in [7, 11) is 0. The summed E-state index contributed by atoms with van der Waals surface area (Å²) in [5.74, 6) is -0.157. The Kier molecular flexibility index (Phi) is 6.26. The number of pyridine rings is 1. The number of nitrogens with zero attached hydrogens (tertiary/aromatic N) is 2. The van der Waals surface area contributed by atoms with Gasteiger partial charge in [0.2, 0.25) is 0 Å². The summed E-state index contributed by atoms with van der Waals surface area (Å²) in [6.07, 6.45) is 8.75. The number of thioether (sulfide) groups is 1. The van der Waals surface area contributed by atoms with Gasteiger partial charge >= 0.3 is 0 Å². The van der Waals surface area contributed by atoms with Crippen molar-refractivity contribution in [2.45, 2.75) is 38.3 Å². The largest absolute Gasteiger partial charge is 0.310 e. The molecule has 2 aliphatic rings. The Morgan fingerprint density at radius 2 is 2.06 bits per heavy atom. The molecule has 3 aromatic rings. The number of amidine groups is 1. The van der Waals surface area contributed by atoms with Crippen molar-refractivity contribution in [3.8, 4) is 0 Å². The highest BCUT2D eigenvalue weighted by Crippen LogP contribution is 2.32. The van der Waals surface area contributed by atoms with E-state index in [4.69, 9.17) is 11.6 Å². The number of aromatic nitrogens is 1. The topological polar surface area (TPSA) is 66.4 Å². The molecule has 0 atom stereocenters. The van der Waals surface area contributed by atoms with Gasteiger partial charge in [-0.3, -0.25) is 9.78 Å². The van der Waals surface area contributed by atoms with Crippen LogP contribution in [0.2, 0.25) is 5.02 Å². The van der Waals surface area contributed by atoms with E-state index in [1.54, 1.807) is 6.20 Å². The minimum Gasteiger partial charge on any atom is -0.310 e. The lowest BCUT2D eigenvalue weighted by Gasteiger charge is -2.12. The molecule has 0 radical (unpaired) electrons. The molecule has 2 heterocycles. The smallest absolute Gasteiger partial charge is 0.264 e. The molecule has 5 rings (SSSR count). The zero-order valence-electron chi connectivity index (χ0n) is 17.5. The molecule has 1 saturated carbocycles. The predicted molar refractivity (Wildman–Crippen MR) is 133 cm³/mol. The van der Waals surface area contributed by atoms with Gasteiger partial charge in [0.15, 0.2) is 5.17 Å². The van der Waals surface area contributed by atoms with Gasteiger partial charge in [0, 0.05) is 24.2 Å². The molecule has 1 aromatic heterocycles. The van der Waals surface area contributed by atoms with Crippen molar-refractivity contribution in [2.24, 2.45) is 4.99 Å². The molecule has 0 bridgehead atoms. The second-order valence-electron chi connectivity index (χ2n) is 8.09. The zero-order valence-corrected chi connectivity index (χ0v) is 19.0. The van der Waals surface area contributed by atoms with E-state index in [1.165, 1.54) is 37.4 Å². The summed E-state index contributed by atoms with van der Waals surface area (Å²) < 4.78 is 0. The van der Waals surface area contributed by atoms with Gasteiger partial charge in [0.25, 0.3) is 5.91 Å². The number of hydrogen-bond donors (Lipinski definition) is 2. The monoisotopic (exact) mass is 462 g/mol. The molecule has 0 unspecified atom stereocenters. The van der Waals surface area contributed by atoms with Crippen molar-refractivity contribution in [3.63, 3.8) is 0 Å². The van der Waals surface area contributed by atoms with E-state index in [2.05, 4.69) is 20.6 Å². The summed E-state index contributed by atoms with van der Waals surface area (Å²) in [5, 5.41) is 8.60. The molecule has 2 aromatic carbocycles. The number of aliphatic imine (C=N–C) groups is 1. The molecule has 2 N–H and O–H groups in total. The van der Waals surface area contributed by atoms with Gasteiger partial charge in [0.05, 0.1) is 21.1 Å². The highest BCUT2D eigenvalue weighted by atomic mass is 35.5. The SMILES string of the molecule is O=C1NC(=Nc2cc(CNC3CCCC3)ccc2Cl)S/C1=C/c1ccc2ncccc2c1. The Labute approximate surface area is 196 Å². The minimum atomic E-state index is -0.157. The highest BCUT2D eigenvalue weighted by molar-refractivity contribution is 8.18. The molecular formula is C25H23ClN4OS. The summed E-state index contributed by atoms with van der Waals surface area (Å²) in [5.41, 5.74) is 3.67. The Morgan fingerprint density at radius 3 is 2.94 bits per heavy atom. The number of nitrogens with one attached hydrogen (secondary N) is 2. The van der Waals surface area contributed by atoms with Crippen LogP contribution >= 0.6 is 23.4 Å². The van der Waals surface area contributed by atoms with E-state index in [0.29, 0.717) is 26.8 Å². The second kappa shape index (κ2) is 9.45. The number of halogens is 1. The number of hydrogen-bond acceptors (Lipinski definition) is 5. The predicted octanol–water partition coefficient (Wildman–Crippen LogP) is 5.81. The molecule has 5 nitrogen and oxygen atoms in total. The van der Waals surface area contributed by atoms with Crippen molar-refractivity contribution in [3.05, 3.63) is 75.8 Å². The van der Waals surface area contributed by atoms with Crippen LogP contribution in [0.15, 0.2) is 64.6 Å². The maximum absolute atomic E-state index is 12.5. The number of benzene rings is 2. The maximum atomic E-state index is 12.5. The third kappa shape index (κ3) is 4.88. The first-order valence-electron chi connectivity index (χ1n) is 10.8. The van der Waals surface area contributed by atoms with Crippen LogP contribution in [0.4, 0.5) is 5.69 Å². The lowest BCUT2D eigenvalue weighted by molar-refractivity contribution is -0.115. The van der Waals surface area contributed by atoms with Crippen LogP contribution in [0.3, 0.4) is 0 Å². The fourth-order valence-corrected chi connectivity index (χ4v) is 5.07. The standard InChI is InChI=1S/C25H23ClN4OS/c26-20-9-7-17(15-28-19-5-1-2-6-19)13-22(20)29-25-30-24(31)23(32-25)14-16-8-10-21-18(12-16)4-3-11-27-21/h3-4,7-14,19,28H,1-2,5-6,15H2,(H,29,30,31)/b23-14+. The third-order valence-electron chi connectivity index (χ3n) is 5.76. The summed E-state index contributed by atoms with van der Waals surface area (Å²) in [6, 6.07) is 16.3. The second-order valence-corrected chi connectivity index (χ2v) is 9.52. The van der Waals surface area contributed by atoms with E-state index >= 15 is 0 Å². The van der Waals surface area contributed by atoms with Crippen LogP contribution in [-0.4, -0.2) is 22.1 Å². The van der Waals surface area contributed by atoms with Crippen LogP contribution in [0.1, 0.15) is 36.8 Å². The van der Waals surface area contributed by atoms with E-state index in [-0.39, 0.29) is 5.91 Å². The van der Waals surface area contributed by atoms with Crippen molar-refractivity contribution >= 4 is 57.1 Å². The molecule has 162 valence electrons. The molecule has 2 fully saturated rings. The minimum absolute atomic E-state index is 0.157. The van der Waals surface area contributed by atoms with Crippen molar-refractivity contribution in [1.29, 1.82) is 0 Å². The fourth-order valence-electron chi connectivity index (χ4n) is 4.07. The van der Waals surface area contributed by atoms with Gasteiger partial charge in [-0.2, -0.15) is 0 Å². The number of rotatable bonds is 5. The Balaban J connectivity index is 1.33. The van der Waals surface area contributed by atoms with Crippen LogP contribution in [0, 0.1) is 0 Å².